The molecule has 1 N–H and O–H groups in total. The number of amides is 2. The first-order valence-corrected chi connectivity index (χ1v) is 15.8. The Balaban J connectivity index is 1.39. The van der Waals surface area contributed by atoms with Crippen LogP contribution >= 0.6 is 11.6 Å². The van der Waals surface area contributed by atoms with Gasteiger partial charge in [-0.1, -0.05) is 18.2 Å². The van der Waals surface area contributed by atoms with E-state index >= 15 is 0 Å². The SMILES string of the molecule is C=C(F)C(=O)N1CCN(c2nc(OC[C@@H]3C[C@@H](F)[C@H](C)N3C)nc3c2NC(=O)C2(CCCc4c(Cl)cc(F)cc42)C3)C[C@@H]1CC#N. The Morgan fingerprint density at radius 2 is 2.09 bits per heavy atom. The van der Waals surface area contributed by atoms with Crippen molar-refractivity contribution in [2.75, 3.05) is 43.5 Å². The van der Waals surface area contributed by atoms with Crippen molar-refractivity contribution < 1.29 is 27.5 Å². The highest BCUT2D eigenvalue weighted by Gasteiger charge is 2.49. The molecule has 4 heterocycles. The van der Waals surface area contributed by atoms with Gasteiger partial charge < -0.3 is 19.9 Å². The third-order valence-electron chi connectivity index (χ3n) is 10.0. The summed E-state index contributed by atoms with van der Waals surface area (Å²) < 4.78 is 49.0. The molecule has 4 aliphatic rings. The summed E-state index contributed by atoms with van der Waals surface area (Å²) in [5.74, 6) is -2.55. The zero-order valence-electron chi connectivity index (χ0n) is 25.7. The number of rotatable bonds is 6. The third-order valence-corrected chi connectivity index (χ3v) is 10.4. The summed E-state index contributed by atoms with van der Waals surface area (Å²) in [5.41, 5.74) is 0.939. The molecule has 244 valence electrons. The van der Waals surface area contributed by atoms with E-state index in [1.54, 1.807) is 0 Å². The van der Waals surface area contributed by atoms with Crippen molar-refractivity contribution in [1.82, 2.24) is 19.8 Å². The minimum Gasteiger partial charge on any atom is -0.462 e. The van der Waals surface area contributed by atoms with E-state index in [1.165, 1.54) is 17.0 Å². The molecule has 1 unspecified atom stereocenters. The predicted molar refractivity (Wildman–Crippen MR) is 165 cm³/mol. The fourth-order valence-electron chi connectivity index (χ4n) is 7.34. The lowest BCUT2D eigenvalue weighted by Crippen LogP contribution is -2.56. The van der Waals surface area contributed by atoms with E-state index in [0.29, 0.717) is 48.4 Å². The van der Waals surface area contributed by atoms with Gasteiger partial charge in [0.25, 0.3) is 5.91 Å². The highest BCUT2D eigenvalue weighted by Crippen LogP contribution is 2.48. The van der Waals surface area contributed by atoms with Crippen molar-refractivity contribution in [2.24, 2.45) is 0 Å². The molecule has 0 bridgehead atoms. The number of carbonyl (C=O) groups is 2. The van der Waals surface area contributed by atoms with Crippen LogP contribution in [-0.2, 0) is 27.8 Å². The first-order valence-electron chi connectivity index (χ1n) is 15.4. The van der Waals surface area contributed by atoms with Crippen LogP contribution in [0.5, 0.6) is 6.01 Å². The minimum atomic E-state index is -1.13. The Hall–Kier alpha value is -3.89. The van der Waals surface area contributed by atoms with Crippen molar-refractivity contribution in [2.45, 2.75) is 75.2 Å². The molecule has 0 radical (unpaired) electrons. The van der Waals surface area contributed by atoms with Gasteiger partial charge >= 0.3 is 6.01 Å². The van der Waals surface area contributed by atoms with E-state index in [-0.39, 0.29) is 68.1 Å². The minimum absolute atomic E-state index is 0.0178. The number of hydrogen-bond donors (Lipinski definition) is 1. The van der Waals surface area contributed by atoms with E-state index < -0.39 is 35.2 Å². The molecule has 3 aliphatic heterocycles. The second-order valence-corrected chi connectivity index (χ2v) is 13.0. The maximum absolute atomic E-state index is 14.7. The topological polar surface area (TPSA) is 115 Å². The molecule has 6 rings (SSSR count). The van der Waals surface area contributed by atoms with Crippen molar-refractivity contribution in [3.63, 3.8) is 0 Å². The molecule has 46 heavy (non-hydrogen) atoms. The maximum atomic E-state index is 14.7. The van der Waals surface area contributed by atoms with Gasteiger partial charge in [0.2, 0.25) is 5.91 Å². The molecular formula is C32H35ClF3N7O3. The van der Waals surface area contributed by atoms with Gasteiger partial charge in [-0.15, -0.1) is 0 Å². The lowest BCUT2D eigenvalue weighted by molar-refractivity contribution is -0.131. The van der Waals surface area contributed by atoms with Crippen LogP contribution in [0.1, 0.15) is 49.4 Å². The summed E-state index contributed by atoms with van der Waals surface area (Å²) >= 11 is 6.44. The van der Waals surface area contributed by atoms with Gasteiger partial charge in [-0.25, -0.2) is 13.2 Å². The van der Waals surface area contributed by atoms with Crippen LogP contribution in [0.4, 0.5) is 24.7 Å². The molecule has 1 aromatic heterocycles. The highest BCUT2D eigenvalue weighted by atomic mass is 35.5. The molecule has 5 atom stereocenters. The molecule has 2 aromatic rings. The lowest BCUT2D eigenvalue weighted by Gasteiger charge is -2.44. The average molecular weight is 658 g/mol. The molecule has 1 aromatic carbocycles. The van der Waals surface area contributed by atoms with Gasteiger partial charge in [-0.2, -0.15) is 15.2 Å². The molecular weight excluding hydrogens is 623 g/mol. The number of nitrogens with one attached hydrogen (secondary N) is 1. The Morgan fingerprint density at radius 1 is 1.30 bits per heavy atom. The Kier molecular flexibility index (Phi) is 8.63. The smallest absolute Gasteiger partial charge is 0.318 e. The monoisotopic (exact) mass is 657 g/mol. The molecule has 0 saturated carbocycles. The van der Waals surface area contributed by atoms with Crippen molar-refractivity contribution in [3.05, 3.63) is 52.2 Å². The summed E-state index contributed by atoms with van der Waals surface area (Å²) in [4.78, 5) is 41.0. The van der Waals surface area contributed by atoms with Crippen molar-refractivity contribution in [1.29, 1.82) is 5.26 Å². The number of ether oxygens (including phenoxy) is 1. The number of alkyl halides is 1. The molecule has 2 amide bonds. The lowest BCUT2D eigenvalue weighted by atomic mass is 9.65. The molecule has 10 nitrogen and oxygen atoms in total. The van der Waals surface area contributed by atoms with E-state index in [4.69, 9.17) is 21.3 Å². The molecule has 2 saturated heterocycles. The molecule has 1 aliphatic carbocycles. The van der Waals surface area contributed by atoms with Gasteiger partial charge in [0.1, 0.15) is 24.3 Å². The number of nitriles is 1. The largest absolute Gasteiger partial charge is 0.462 e. The zero-order chi connectivity index (χ0) is 32.9. The van der Waals surface area contributed by atoms with E-state index in [2.05, 4.69) is 22.9 Å². The van der Waals surface area contributed by atoms with Crippen LogP contribution < -0.4 is 15.0 Å². The summed E-state index contributed by atoms with van der Waals surface area (Å²) in [5, 5.41) is 12.8. The van der Waals surface area contributed by atoms with Crippen LogP contribution in [0.2, 0.25) is 5.02 Å². The number of aromatic nitrogens is 2. The van der Waals surface area contributed by atoms with E-state index in [9.17, 15) is 28.0 Å². The standard InChI is InChI=1S/C32H35ClF3N7O3/c1-17(34)29(44)43-10-9-42(15-20(43)6-8-37)28-27-26(38-31(40-28)46-16-21-13-25(36)18(2)41(21)3)14-32(30(45)39-27)7-4-5-22-23(32)11-19(35)12-24(22)33/h11-12,18,20-21,25H,1,4-7,9-10,13-16H2,2-3H3,(H,39,45)/t18-,20-,21-,25+,32?/m0/s1. The third kappa shape index (κ3) is 5.55. The second kappa shape index (κ2) is 12.4. The van der Waals surface area contributed by atoms with Gasteiger partial charge in [-0.3, -0.25) is 14.5 Å². The van der Waals surface area contributed by atoms with E-state index in [1.807, 2.05) is 23.8 Å². The summed E-state index contributed by atoms with van der Waals surface area (Å²) in [6.07, 6.45) is 1.07. The van der Waals surface area contributed by atoms with Crippen LogP contribution in [0.25, 0.3) is 0 Å². The second-order valence-electron chi connectivity index (χ2n) is 12.6. The van der Waals surface area contributed by atoms with Gasteiger partial charge in [0.05, 0.1) is 29.6 Å². The van der Waals surface area contributed by atoms with Crippen LogP contribution in [0, 0.1) is 17.1 Å². The maximum Gasteiger partial charge on any atom is 0.318 e. The van der Waals surface area contributed by atoms with Crippen LogP contribution in [0.15, 0.2) is 24.5 Å². The first kappa shape index (κ1) is 32.1. The van der Waals surface area contributed by atoms with Crippen molar-refractivity contribution >= 4 is 34.9 Å². The first-order chi connectivity index (χ1) is 21.9. The zero-order valence-corrected chi connectivity index (χ0v) is 26.4. The fourth-order valence-corrected chi connectivity index (χ4v) is 7.64. The number of halogens is 4. The molecule has 1 spiro atoms. The Labute approximate surface area is 270 Å². The van der Waals surface area contributed by atoms with Gasteiger partial charge in [0, 0.05) is 43.2 Å². The summed E-state index contributed by atoms with van der Waals surface area (Å²) in [6, 6.07) is 3.55. The number of nitrogens with zero attached hydrogens (tertiary/aromatic N) is 6. The normalized spacial score (nSPS) is 27.5. The number of fused-ring (bicyclic) bond motifs is 3. The predicted octanol–water partition coefficient (Wildman–Crippen LogP) is 4.26. The van der Waals surface area contributed by atoms with Gasteiger partial charge in [-0.05, 0) is 62.9 Å². The Bertz CT molecular complexity index is 1640. The average Bonchev–Trinajstić information content (AvgIpc) is 3.26. The number of likely N-dealkylation sites (N-methyl/N-ethyl adjacent to an activating group) is 1. The highest BCUT2D eigenvalue weighted by molar-refractivity contribution is 6.31. The summed E-state index contributed by atoms with van der Waals surface area (Å²) in [6.45, 7) is 5.46. The van der Waals surface area contributed by atoms with Gasteiger partial charge in [0.15, 0.2) is 11.6 Å². The summed E-state index contributed by atoms with van der Waals surface area (Å²) in [7, 11) is 1.84. The number of carbonyl (C=O) groups excluding carboxylic acids is 2. The number of benzene rings is 1. The fraction of sp³-hybridized carbons (Fsp3) is 0.531. The van der Waals surface area contributed by atoms with Crippen molar-refractivity contribution in [3.8, 4) is 12.1 Å². The quantitative estimate of drug-likeness (QED) is 0.459. The molecule has 2 fully saturated rings. The number of anilines is 2. The molecule has 14 heteroatoms. The Morgan fingerprint density at radius 3 is 2.78 bits per heavy atom. The van der Waals surface area contributed by atoms with Crippen LogP contribution in [0.3, 0.4) is 0 Å². The van der Waals surface area contributed by atoms with Crippen LogP contribution in [-0.4, -0.2) is 89.2 Å². The number of likely N-dealkylation sites (tertiary alicyclic amines) is 1. The number of piperazine rings is 1. The van der Waals surface area contributed by atoms with E-state index in [0.717, 1.165) is 5.56 Å². The number of hydrogen-bond acceptors (Lipinski definition) is 8.